The second-order valence-electron chi connectivity index (χ2n) is 7.01. The number of oxime groups is 1. The maximum atomic E-state index is 12.3. The van der Waals surface area contributed by atoms with Crippen molar-refractivity contribution in [3.8, 4) is 0 Å². The van der Waals surface area contributed by atoms with Gasteiger partial charge in [0.25, 0.3) is 10.0 Å². The molecule has 2 atom stereocenters. The average Bonchev–Trinajstić information content (AvgIpc) is 3.44. The summed E-state index contributed by atoms with van der Waals surface area (Å²) in [7, 11) is -4.01. The van der Waals surface area contributed by atoms with Gasteiger partial charge in [-0.25, -0.2) is 13.4 Å². The molecule has 1 aliphatic heterocycles. The van der Waals surface area contributed by atoms with Crippen molar-refractivity contribution in [3.63, 3.8) is 0 Å². The number of guanidine groups is 1. The highest BCUT2D eigenvalue weighted by molar-refractivity contribution is 7.91. The Morgan fingerprint density at radius 1 is 1.27 bits per heavy atom. The molecule has 7 N–H and O–H groups in total. The first-order valence-corrected chi connectivity index (χ1v) is 12.0. The van der Waals surface area contributed by atoms with E-state index in [0.29, 0.717) is 17.8 Å². The van der Waals surface area contributed by atoms with Gasteiger partial charge in [-0.2, -0.15) is 4.72 Å². The van der Waals surface area contributed by atoms with Gasteiger partial charge in [0.15, 0.2) is 5.96 Å². The number of nitrogens with one attached hydrogen (secondary N) is 2. The summed E-state index contributed by atoms with van der Waals surface area (Å²) in [6.07, 6.45) is -0.255. The fraction of sp³-hybridized carbons (Fsp3) is 0.263. The first kappa shape index (κ1) is 24.2. The molecule has 0 bridgehead atoms. The number of thiophene rings is 1. The van der Waals surface area contributed by atoms with E-state index in [2.05, 4.69) is 20.2 Å². The molecule has 0 unspecified atom stereocenters. The van der Waals surface area contributed by atoms with Gasteiger partial charge in [0.1, 0.15) is 16.4 Å². The lowest BCUT2D eigenvalue weighted by molar-refractivity contribution is -0.138. The fourth-order valence-electron chi connectivity index (χ4n) is 2.92. The SMILES string of the molecule is NC(N)=Nc1ccc(C2=NO[C@H](CC(=O)NC[C@H](NS(=O)(=O)c3cccs3)C(=O)O)C2)cc1. The van der Waals surface area contributed by atoms with E-state index >= 15 is 0 Å². The Bertz CT molecular complexity index is 1160. The molecule has 1 aromatic carbocycles. The highest BCUT2D eigenvalue weighted by Crippen LogP contribution is 2.21. The van der Waals surface area contributed by atoms with Gasteiger partial charge in [0.05, 0.1) is 17.8 Å². The van der Waals surface area contributed by atoms with E-state index in [-0.39, 0.29) is 16.6 Å². The van der Waals surface area contributed by atoms with E-state index in [4.69, 9.17) is 16.3 Å². The van der Waals surface area contributed by atoms with Crippen molar-refractivity contribution in [2.24, 2.45) is 21.6 Å². The van der Waals surface area contributed by atoms with Crippen molar-refractivity contribution in [1.82, 2.24) is 10.0 Å². The van der Waals surface area contributed by atoms with Gasteiger partial charge < -0.3 is 26.7 Å². The van der Waals surface area contributed by atoms with Crippen molar-refractivity contribution < 1.29 is 28.0 Å². The second kappa shape index (κ2) is 10.4. The number of aliphatic carboxylic acids is 1. The van der Waals surface area contributed by atoms with Crippen LogP contribution in [0.1, 0.15) is 18.4 Å². The lowest BCUT2D eigenvalue weighted by Gasteiger charge is -2.15. The van der Waals surface area contributed by atoms with Crippen LogP contribution >= 0.6 is 11.3 Å². The van der Waals surface area contributed by atoms with Crippen LogP contribution in [0.4, 0.5) is 5.69 Å². The zero-order chi connectivity index (χ0) is 24.0. The third-order valence-corrected chi connectivity index (χ3v) is 7.33. The van der Waals surface area contributed by atoms with Gasteiger partial charge in [0, 0.05) is 13.0 Å². The van der Waals surface area contributed by atoms with Gasteiger partial charge >= 0.3 is 5.97 Å². The molecule has 0 spiro atoms. The Kier molecular flexibility index (Phi) is 7.63. The predicted molar refractivity (Wildman–Crippen MR) is 122 cm³/mol. The van der Waals surface area contributed by atoms with Crippen molar-refractivity contribution >= 4 is 50.6 Å². The largest absolute Gasteiger partial charge is 0.480 e. The third-order valence-electron chi connectivity index (χ3n) is 4.46. The molecule has 0 fully saturated rings. The van der Waals surface area contributed by atoms with E-state index in [1.807, 2.05) is 0 Å². The molecule has 0 saturated carbocycles. The van der Waals surface area contributed by atoms with E-state index in [1.54, 1.807) is 29.6 Å². The normalized spacial score (nSPS) is 16.4. The Balaban J connectivity index is 1.49. The molecule has 176 valence electrons. The first-order chi connectivity index (χ1) is 15.6. The number of carbonyl (C=O) groups excluding carboxylic acids is 1. The van der Waals surface area contributed by atoms with Crippen molar-refractivity contribution in [1.29, 1.82) is 0 Å². The number of hydrogen-bond donors (Lipinski definition) is 5. The van der Waals surface area contributed by atoms with Crippen LogP contribution in [0.5, 0.6) is 0 Å². The first-order valence-electron chi connectivity index (χ1n) is 9.62. The minimum atomic E-state index is -4.01. The molecule has 3 rings (SSSR count). The van der Waals surface area contributed by atoms with Crippen LogP contribution in [-0.4, -0.2) is 55.8 Å². The summed E-state index contributed by atoms with van der Waals surface area (Å²) >= 11 is 0.953. The average molecular weight is 495 g/mol. The van der Waals surface area contributed by atoms with Crippen LogP contribution in [0.25, 0.3) is 0 Å². The Labute approximate surface area is 193 Å². The van der Waals surface area contributed by atoms with Crippen molar-refractivity contribution in [2.45, 2.75) is 29.2 Å². The van der Waals surface area contributed by atoms with Crippen LogP contribution < -0.4 is 21.5 Å². The van der Waals surface area contributed by atoms with Crippen molar-refractivity contribution in [3.05, 3.63) is 47.3 Å². The topological polar surface area (TPSA) is 199 Å². The number of nitrogens with two attached hydrogens (primary N) is 2. The quantitative estimate of drug-likeness (QED) is 0.226. The van der Waals surface area contributed by atoms with E-state index in [1.165, 1.54) is 12.1 Å². The van der Waals surface area contributed by atoms with E-state index < -0.39 is 40.6 Å². The van der Waals surface area contributed by atoms with Gasteiger partial charge in [-0.1, -0.05) is 23.4 Å². The molecule has 2 heterocycles. The Morgan fingerprint density at radius 3 is 2.61 bits per heavy atom. The second-order valence-corrected chi connectivity index (χ2v) is 9.89. The molecular weight excluding hydrogens is 472 g/mol. The lowest BCUT2D eigenvalue weighted by Crippen LogP contribution is -2.48. The summed E-state index contributed by atoms with van der Waals surface area (Å²) in [5.41, 5.74) is 12.7. The van der Waals surface area contributed by atoms with Crippen LogP contribution in [0.2, 0.25) is 0 Å². The minimum absolute atomic E-state index is 0.0181. The van der Waals surface area contributed by atoms with Gasteiger partial charge in [0.2, 0.25) is 5.91 Å². The summed E-state index contributed by atoms with van der Waals surface area (Å²) in [4.78, 5) is 32.9. The van der Waals surface area contributed by atoms with Crippen molar-refractivity contribution in [2.75, 3.05) is 6.54 Å². The number of benzene rings is 1. The number of amides is 1. The van der Waals surface area contributed by atoms with E-state index in [9.17, 15) is 23.1 Å². The summed E-state index contributed by atoms with van der Waals surface area (Å²) in [6.45, 7) is -0.425. The maximum Gasteiger partial charge on any atom is 0.323 e. The zero-order valence-corrected chi connectivity index (χ0v) is 18.8. The van der Waals surface area contributed by atoms with Crippen LogP contribution in [0, 0.1) is 0 Å². The molecule has 14 heteroatoms. The molecule has 0 radical (unpaired) electrons. The molecule has 0 aliphatic carbocycles. The predicted octanol–water partition coefficient (Wildman–Crippen LogP) is 0.0840. The Hall–Kier alpha value is -3.49. The van der Waals surface area contributed by atoms with Crippen LogP contribution in [0.3, 0.4) is 0 Å². The number of sulfonamides is 1. The fourth-order valence-corrected chi connectivity index (χ4v) is 5.12. The summed E-state index contributed by atoms with van der Waals surface area (Å²) in [5.74, 6) is -1.97. The molecule has 1 amide bonds. The third kappa shape index (κ3) is 6.74. The maximum absolute atomic E-state index is 12.3. The number of carboxylic acids is 1. The Morgan fingerprint density at radius 2 is 2.00 bits per heavy atom. The highest BCUT2D eigenvalue weighted by Gasteiger charge is 2.28. The molecule has 1 aromatic heterocycles. The summed E-state index contributed by atoms with van der Waals surface area (Å²) in [5, 5.41) is 17.3. The van der Waals surface area contributed by atoms with Gasteiger partial charge in [-0.3, -0.25) is 9.59 Å². The summed E-state index contributed by atoms with van der Waals surface area (Å²) in [6, 6.07) is 8.32. The van der Waals surface area contributed by atoms with E-state index in [0.717, 1.165) is 16.9 Å². The molecule has 1 aliphatic rings. The zero-order valence-electron chi connectivity index (χ0n) is 17.2. The number of rotatable bonds is 10. The highest BCUT2D eigenvalue weighted by atomic mass is 32.2. The van der Waals surface area contributed by atoms with Crippen LogP contribution in [-0.2, 0) is 24.4 Å². The van der Waals surface area contributed by atoms with Gasteiger partial charge in [-0.15, -0.1) is 11.3 Å². The number of hydrogen-bond acceptors (Lipinski definition) is 8. The van der Waals surface area contributed by atoms with Crippen LogP contribution in [0.15, 0.2) is 56.1 Å². The molecule has 33 heavy (non-hydrogen) atoms. The monoisotopic (exact) mass is 494 g/mol. The standard InChI is InChI=1S/C19H22N6O6S2/c20-19(21)23-12-5-3-11(4-6-12)14-8-13(31-24-14)9-16(26)22-10-15(18(27)28)25-33(29,30)17-2-1-7-32-17/h1-7,13,15,25H,8-10H2,(H,22,26)(H,27,28)(H4,20,21,23)/t13-,15-/m0/s1. The smallest absolute Gasteiger partial charge is 0.323 e. The summed E-state index contributed by atoms with van der Waals surface area (Å²) < 4.78 is 26.5. The number of nitrogens with zero attached hydrogens (tertiary/aromatic N) is 2. The lowest BCUT2D eigenvalue weighted by atomic mass is 10.0. The number of carbonyl (C=O) groups is 2. The molecule has 2 aromatic rings. The van der Waals surface area contributed by atoms with Gasteiger partial charge in [-0.05, 0) is 29.1 Å². The molecular formula is C19H22N6O6S2. The molecule has 0 saturated heterocycles. The molecule has 12 nitrogen and oxygen atoms in total. The number of carboxylic acid groups (broad SMARTS) is 1. The minimum Gasteiger partial charge on any atom is -0.480 e. The number of aliphatic imine (C=N–C) groups is 1.